The zero-order valence-corrected chi connectivity index (χ0v) is 11.4. The van der Waals surface area contributed by atoms with Crippen LogP contribution in [0, 0.1) is 12.7 Å². The molecule has 0 saturated carbocycles. The lowest BCUT2D eigenvalue weighted by Gasteiger charge is -2.08. The van der Waals surface area contributed by atoms with E-state index in [9.17, 15) is 9.18 Å². The molecule has 3 nitrogen and oxygen atoms in total. The molecule has 2 aromatic rings. The van der Waals surface area contributed by atoms with E-state index >= 15 is 0 Å². The number of carbonyl (C=O) groups is 1. The molecule has 104 valence electrons. The predicted molar refractivity (Wildman–Crippen MR) is 76.7 cm³/mol. The number of amides is 1. The topological polar surface area (TPSA) is 38.3 Å². The van der Waals surface area contributed by atoms with Crippen LogP contribution < -0.4 is 10.1 Å². The minimum absolute atomic E-state index is 0.276. The van der Waals surface area contributed by atoms with Crippen LogP contribution in [-0.4, -0.2) is 12.5 Å². The first-order valence-corrected chi connectivity index (χ1v) is 6.40. The maximum atomic E-state index is 13.2. The maximum Gasteiger partial charge on any atom is 0.255 e. The Labute approximate surface area is 117 Å². The van der Waals surface area contributed by atoms with Gasteiger partial charge in [-0.25, -0.2) is 4.39 Å². The summed E-state index contributed by atoms with van der Waals surface area (Å²) in [4.78, 5) is 12.1. The minimum atomic E-state index is -0.320. The average molecular weight is 273 g/mol. The number of ether oxygens (including phenoxy) is 1. The molecule has 2 aromatic carbocycles. The van der Waals surface area contributed by atoms with Gasteiger partial charge in [0.05, 0.1) is 6.61 Å². The minimum Gasteiger partial charge on any atom is -0.494 e. The molecular formula is C16H16FNO2. The molecule has 20 heavy (non-hydrogen) atoms. The summed E-state index contributed by atoms with van der Waals surface area (Å²) in [5.41, 5.74) is 1.51. The highest BCUT2D eigenvalue weighted by Crippen LogP contribution is 2.18. The van der Waals surface area contributed by atoms with Crippen LogP contribution in [0.2, 0.25) is 0 Å². The number of aryl methyl sites for hydroxylation is 1. The van der Waals surface area contributed by atoms with Crippen LogP contribution >= 0.6 is 0 Å². The molecule has 0 aliphatic heterocycles. The number of benzene rings is 2. The normalized spacial score (nSPS) is 10.2. The van der Waals surface area contributed by atoms with E-state index in [4.69, 9.17) is 4.74 Å². The Kier molecular flexibility index (Phi) is 4.35. The maximum absolute atomic E-state index is 13.2. The van der Waals surface area contributed by atoms with Crippen LogP contribution in [0.15, 0.2) is 42.5 Å². The second kappa shape index (κ2) is 6.19. The quantitative estimate of drug-likeness (QED) is 0.920. The van der Waals surface area contributed by atoms with Gasteiger partial charge in [-0.1, -0.05) is 6.07 Å². The summed E-state index contributed by atoms with van der Waals surface area (Å²) in [6.45, 7) is 4.09. The first-order chi connectivity index (χ1) is 9.60. The summed E-state index contributed by atoms with van der Waals surface area (Å²) in [5, 5.41) is 2.76. The molecule has 4 heteroatoms. The fraction of sp³-hybridized carbons (Fsp3) is 0.188. The van der Waals surface area contributed by atoms with Crippen LogP contribution in [0.3, 0.4) is 0 Å². The second-order valence-corrected chi connectivity index (χ2v) is 4.38. The molecule has 0 atom stereocenters. The van der Waals surface area contributed by atoms with Crippen LogP contribution in [0.5, 0.6) is 5.75 Å². The Bertz CT molecular complexity index is 626. The van der Waals surface area contributed by atoms with Crippen LogP contribution in [-0.2, 0) is 0 Å². The lowest BCUT2D eigenvalue weighted by atomic mass is 10.1. The number of halogens is 1. The largest absolute Gasteiger partial charge is 0.494 e. The van der Waals surface area contributed by atoms with Crippen molar-refractivity contribution < 1.29 is 13.9 Å². The molecule has 0 bridgehead atoms. The van der Waals surface area contributed by atoms with Gasteiger partial charge >= 0.3 is 0 Å². The van der Waals surface area contributed by atoms with Gasteiger partial charge in [-0.2, -0.15) is 0 Å². The molecule has 2 rings (SSSR count). The van der Waals surface area contributed by atoms with E-state index in [2.05, 4.69) is 5.32 Å². The van der Waals surface area contributed by atoms with Gasteiger partial charge in [-0.15, -0.1) is 0 Å². The summed E-state index contributed by atoms with van der Waals surface area (Å²) in [6, 6.07) is 11.4. The summed E-state index contributed by atoms with van der Waals surface area (Å²) >= 11 is 0. The van der Waals surface area contributed by atoms with Gasteiger partial charge in [0.2, 0.25) is 0 Å². The van der Waals surface area contributed by atoms with E-state index in [-0.39, 0.29) is 11.7 Å². The Balaban J connectivity index is 2.14. The van der Waals surface area contributed by atoms with Crippen molar-refractivity contribution in [2.24, 2.45) is 0 Å². The van der Waals surface area contributed by atoms with Crippen molar-refractivity contribution in [1.29, 1.82) is 0 Å². The summed E-state index contributed by atoms with van der Waals surface area (Å²) in [5.74, 6) is 0.0993. The van der Waals surface area contributed by atoms with E-state index in [1.165, 1.54) is 18.2 Å². The molecule has 0 heterocycles. The van der Waals surface area contributed by atoms with Gasteiger partial charge in [-0.3, -0.25) is 4.79 Å². The van der Waals surface area contributed by atoms with Gasteiger partial charge in [0.1, 0.15) is 11.6 Å². The van der Waals surface area contributed by atoms with Crippen molar-refractivity contribution in [3.8, 4) is 5.75 Å². The highest BCUT2D eigenvalue weighted by molar-refractivity contribution is 6.04. The number of carbonyl (C=O) groups excluding carboxylic acids is 1. The van der Waals surface area contributed by atoms with E-state index in [0.717, 1.165) is 0 Å². The van der Waals surface area contributed by atoms with Crippen molar-refractivity contribution in [2.75, 3.05) is 11.9 Å². The second-order valence-electron chi connectivity index (χ2n) is 4.38. The zero-order chi connectivity index (χ0) is 14.5. The number of nitrogens with one attached hydrogen (secondary N) is 1. The van der Waals surface area contributed by atoms with Crippen LogP contribution in [0.25, 0.3) is 0 Å². The third-order valence-electron chi connectivity index (χ3n) is 2.82. The first-order valence-electron chi connectivity index (χ1n) is 6.40. The highest BCUT2D eigenvalue weighted by Gasteiger charge is 2.08. The standard InChI is InChI=1S/C16H16FNO2/c1-3-20-14-6-4-5-13(10-14)18-16(19)12-7-8-15(17)11(2)9-12/h4-10H,3H2,1-2H3,(H,18,19). The third kappa shape index (κ3) is 3.35. The lowest BCUT2D eigenvalue weighted by molar-refractivity contribution is 0.102. The fourth-order valence-corrected chi connectivity index (χ4v) is 1.82. The first kappa shape index (κ1) is 14.1. The summed E-state index contributed by atoms with van der Waals surface area (Å²) in [6.07, 6.45) is 0. The average Bonchev–Trinajstić information content (AvgIpc) is 2.42. The molecule has 1 amide bonds. The number of hydrogen-bond donors (Lipinski definition) is 1. The van der Waals surface area contributed by atoms with Crippen LogP contribution in [0.4, 0.5) is 10.1 Å². The Morgan fingerprint density at radius 1 is 1.25 bits per heavy atom. The van der Waals surface area contributed by atoms with E-state index in [1.54, 1.807) is 25.1 Å². The van der Waals surface area contributed by atoms with Gasteiger partial charge in [0.15, 0.2) is 0 Å². The molecule has 0 aliphatic carbocycles. The van der Waals surface area contributed by atoms with Crippen molar-refractivity contribution in [1.82, 2.24) is 0 Å². The monoisotopic (exact) mass is 273 g/mol. The number of anilines is 1. The Morgan fingerprint density at radius 2 is 2.05 bits per heavy atom. The smallest absolute Gasteiger partial charge is 0.255 e. The highest BCUT2D eigenvalue weighted by atomic mass is 19.1. The molecule has 0 saturated heterocycles. The molecule has 0 fully saturated rings. The van der Waals surface area contributed by atoms with Gasteiger partial charge in [0, 0.05) is 17.3 Å². The third-order valence-corrected chi connectivity index (χ3v) is 2.82. The molecule has 0 unspecified atom stereocenters. The Hall–Kier alpha value is -2.36. The van der Waals surface area contributed by atoms with Gasteiger partial charge < -0.3 is 10.1 Å². The predicted octanol–water partition coefficient (Wildman–Crippen LogP) is 3.79. The van der Waals surface area contributed by atoms with Crippen molar-refractivity contribution in [2.45, 2.75) is 13.8 Å². The lowest BCUT2D eigenvalue weighted by Crippen LogP contribution is -2.12. The zero-order valence-electron chi connectivity index (χ0n) is 11.4. The molecule has 0 spiro atoms. The molecule has 1 N–H and O–H groups in total. The molecule has 0 aliphatic rings. The van der Waals surface area contributed by atoms with E-state index in [0.29, 0.717) is 29.2 Å². The van der Waals surface area contributed by atoms with Gasteiger partial charge in [-0.05, 0) is 49.7 Å². The Morgan fingerprint density at radius 3 is 2.75 bits per heavy atom. The van der Waals surface area contributed by atoms with Crippen LogP contribution in [0.1, 0.15) is 22.8 Å². The molecule has 0 aromatic heterocycles. The van der Waals surface area contributed by atoms with Crippen molar-refractivity contribution >= 4 is 11.6 Å². The summed E-state index contributed by atoms with van der Waals surface area (Å²) in [7, 11) is 0. The number of rotatable bonds is 4. The number of hydrogen-bond acceptors (Lipinski definition) is 2. The van der Waals surface area contributed by atoms with Crippen molar-refractivity contribution in [3.05, 3.63) is 59.4 Å². The SMILES string of the molecule is CCOc1cccc(NC(=O)c2ccc(F)c(C)c2)c1. The molecular weight excluding hydrogens is 257 g/mol. The molecule has 0 radical (unpaired) electrons. The van der Waals surface area contributed by atoms with Gasteiger partial charge in [0.25, 0.3) is 5.91 Å². The summed E-state index contributed by atoms with van der Waals surface area (Å²) < 4.78 is 18.5. The van der Waals surface area contributed by atoms with E-state index < -0.39 is 0 Å². The van der Waals surface area contributed by atoms with Crippen molar-refractivity contribution in [3.63, 3.8) is 0 Å². The van der Waals surface area contributed by atoms with E-state index in [1.807, 2.05) is 13.0 Å². The fourth-order valence-electron chi connectivity index (χ4n) is 1.82.